The zero-order valence-corrected chi connectivity index (χ0v) is 12.9. The summed E-state index contributed by atoms with van der Waals surface area (Å²) in [5.41, 5.74) is 7.10. The molecule has 2 rings (SSSR count). The highest BCUT2D eigenvalue weighted by Crippen LogP contribution is 2.26. The van der Waals surface area contributed by atoms with Crippen LogP contribution in [0.25, 0.3) is 0 Å². The molecule has 1 unspecified atom stereocenters. The number of hydrogen-bond donors (Lipinski definition) is 1. The Hall–Kier alpha value is -1.39. The van der Waals surface area contributed by atoms with Crippen molar-refractivity contribution in [2.45, 2.75) is 25.8 Å². The van der Waals surface area contributed by atoms with Gasteiger partial charge in [-0.3, -0.25) is 0 Å². The van der Waals surface area contributed by atoms with Gasteiger partial charge >= 0.3 is 0 Å². The third kappa shape index (κ3) is 4.32. The van der Waals surface area contributed by atoms with Gasteiger partial charge in [-0.25, -0.2) is 4.39 Å². The molecule has 106 valence electrons. The molecule has 0 radical (unpaired) electrons. The van der Waals surface area contributed by atoms with E-state index in [4.69, 9.17) is 10.5 Å². The minimum absolute atomic E-state index is 0.181. The van der Waals surface area contributed by atoms with Crippen molar-refractivity contribution in [3.8, 4) is 11.5 Å². The van der Waals surface area contributed by atoms with Gasteiger partial charge in [0, 0.05) is 16.6 Å². The fourth-order valence-electron chi connectivity index (χ4n) is 1.86. The van der Waals surface area contributed by atoms with Gasteiger partial charge in [0.05, 0.1) is 0 Å². The van der Waals surface area contributed by atoms with Gasteiger partial charge in [0.1, 0.15) is 17.3 Å². The minimum atomic E-state index is -0.333. The second-order valence-corrected chi connectivity index (χ2v) is 5.64. The molecule has 0 aliphatic heterocycles. The lowest BCUT2D eigenvalue weighted by Crippen LogP contribution is -2.21. The highest BCUT2D eigenvalue weighted by atomic mass is 79.9. The highest BCUT2D eigenvalue weighted by molar-refractivity contribution is 9.10. The van der Waals surface area contributed by atoms with Crippen LogP contribution in [0.4, 0.5) is 4.39 Å². The fourth-order valence-corrected chi connectivity index (χ4v) is 2.31. The lowest BCUT2D eigenvalue weighted by Gasteiger charge is -2.10. The molecule has 0 heterocycles. The van der Waals surface area contributed by atoms with Crippen LogP contribution in [0.1, 0.15) is 18.9 Å². The van der Waals surface area contributed by atoms with Crippen LogP contribution in [-0.4, -0.2) is 6.04 Å². The molecule has 1 atom stereocenters. The molecule has 0 saturated heterocycles. The molecule has 20 heavy (non-hydrogen) atoms. The number of hydrogen-bond acceptors (Lipinski definition) is 2. The van der Waals surface area contributed by atoms with Crippen LogP contribution in [0.15, 0.2) is 46.9 Å². The minimum Gasteiger partial charge on any atom is -0.457 e. The summed E-state index contributed by atoms with van der Waals surface area (Å²) in [7, 11) is 0. The molecule has 0 fully saturated rings. The van der Waals surface area contributed by atoms with Crippen molar-refractivity contribution in [1.29, 1.82) is 0 Å². The number of halogens is 2. The van der Waals surface area contributed by atoms with Crippen molar-refractivity contribution in [3.05, 3.63) is 58.3 Å². The first-order valence-corrected chi connectivity index (χ1v) is 7.34. The molecule has 4 heteroatoms. The molecular weight excluding hydrogens is 321 g/mol. The van der Waals surface area contributed by atoms with E-state index in [2.05, 4.69) is 22.9 Å². The van der Waals surface area contributed by atoms with Gasteiger partial charge in [-0.15, -0.1) is 0 Å². The second kappa shape index (κ2) is 6.86. The molecular formula is C16H17BrFNO. The zero-order chi connectivity index (χ0) is 14.5. The summed E-state index contributed by atoms with van der Waals surface area (Å²) < 4.78 is 19.5. The Morgan fingerprint density at radius 2 is 1.85 bits per heavy atom. The van der Waals surface area contributed by atoms with E-state index in [1.807, 2.05) is 24.3 Å². The van der Waals surface area contributed by atoms with Crippen molar-refractivity contribution in [2.24, 2.45) is 5.73 Å². The van der Waals surface area contributed by atoms with Gasteiger partial charge in [0.15, 0.2) is 0 Å². The van der Waals surface area contributed by atoms with Crippen molar-refractivity contribution in [3.63, 3.8) is 0 Å². The molecule has 2 aromatic carbocycles. The number of nitrogens with two attached hydrogens (primary N) is 1. The van der Waals surface area contributed by atoms with Gasteiger partial charge in [-0.05, 0) is 42.7 Å². The van der Waals surface area contributed by atoms with E-state index in [1.54, 1.807) is 6.07 Å². The second-order valence-electron chi connectivity index (χ2n) is 4.72. The first kappa shape index (κ1) is 15.0. The number of rotatable bonds is 5. The summed E-state index contributed by atoms with van der Waals surface area (Å²) in [4.78, 5) is 0. The van der Waals surface area contributed by atoms with E-state index in [1.165, 1.54) is 17.7 Å². The normalized spacial score (nSPS) is 12.2. The molecule has 0 aliphatic carbocycles. The van der Waals surface area contributed by atoms with E-state index in [0.29, 0.717) is 16.0 Å². The van der Waals surface area contributed by atoms with Gasteiger partial charge in [-0.2, -0.15) is 0 Å². The highest BCUT2D eigenvalue weighted by Gasteiger charge is 2.04. The first-order valence-electron chi connectivity index (χ1n) is 6.55. The smallest absolute Gasteiger partial charge is 0.131 e. The summed E-state index contributed by atoms with van der Waals surface area (Å²) >= 11 is 3.24. The molecule has 2 nitrogen and oxygen atoms in total. The molecule has 0 amide bonds. The van der Waals surface area contributed by atoms with E-state index in [-0.39, 0.29) is 11.9 Å². The van der Waals surface area contributed by atoms with E-state index in [9.17, 15) is 4.39 Å². The van der Waals surface area contributed by atoms with Gasteiger partial charge in [0.2, 0.25) is 0 Å². The van der Waals surface area contributed by atoms with Crippen LogP contribution in [0.2, 0.25) is 0 Å². The van der Waals surface area contributed by atoms with E-state index in [0.717, 1.165) is 12.8 Å². The molecule has 0 saturated carbocycles. The molecule has 2 aromatic rings. The van der Waals surface area contributed by atoms with Crippen LogP contribution in [0.3, 0.4) is 0 Å². The fraction of sp³-hybridized carbons (Fsp3) is 0.250. The maximum Gasteiger partial charge on any atom is 0.131 e. The maximum atomic E-state index is 13.3. The van der Waals surface area contributed by atoms with Crippen LogP contribution in [0, 0.1) is 5.82 Å². The lowest BCUT2D eigenvalue weighted by molar-refractivity contribution is 0.476. The largest absolute Gasteiger partial charge is 0.457 e. The SMILES string of the molecule is CCC(N)Cc1ccc(Oc2cc(F)cc(Br)c2)cc1. The maximum absolute atomic E-state index is 13.3. The summed E-state index contributed by atoms with van der Waals surface area (Å²) in [5, 5.41) is 0. The monoisotopic (exact) mass is 337 g/mol. The van der Waals surface area contributed by atoms with Crippen molar-refractivity contribution >= 4 is 15.9 Å². The Bertz CT molecular complexity index is 551. The third-order valence-electron chi connectivity index (χ3n) is 3.02. The topological polar surface area (TPSA) is 35.2 Å². The van der Waals surface area contributed by atoms with Crippen LogP contribution < -0.4 is 10.5 Å². The lowest BCUT2D eigenvalue weighted by atomic mass is 10.0. The quantitative estimate of drug-likeness (QED) is 0.861. The molecule has 2 N–H and O–H groups in total. The van der Waals surface area contributed by atoms with Crippen molar-refractivity contribution in [1.82, 2.24) is 0 Å². The molecule has 0 aliphatic rings. The van der Waals surface area contributed by atoms with Gasteiger partial charge < -0.3 is 10.5 Å². The average molecular weight is 338 g/mol. The third-order valence-corrected chi connectivity index (χ3v) is 3.48. The number of benzene rings is 2. The van der Waals surface area contributed by atoms with Gasteiger partial charge in [0.25, 0.3) is 0 Å². The Labute approximate surface area is 126 Å². The van der Waals surface area contributed by atoms with Crippen LogP contribution in [-0.2, 0) is 6.42 Å². The average Bonchev–Trinajstić information content (AvgIpc) is 2.39. The summed E-state index contributed by atoms with van der Waals surface area (Å²) in [5.74, 6) is 0.811. The zero-order valence-electron chi connectivity index (χ0n) is 11.3. The Morgan fingerprint density at radius 1 is 1.15 bits per heavy atom. The molecule has 0 bridgehead atoms. The summed E-state index contributed by atoms with van der Waals surface area (Å²) in [6.07, 6.45) is 1.80. The molecule has 0 aromatic heterocycles. The van der Waals surface area contributed by atoms with Crippen molar-refractivity contribution < 1.29 is 9.13 Å². The Kier molecular flexibility index (Phi) is 5.15. The Morgan fingerprint density at radius 3 is 2.45 bits per heavy atom. The van der Waals surface area contributed by atoms with Crippen molar-refractivity contribution in [2.75, 3.05) is 0 Å². The Balaban J connectivity index is 2.06. The summed E-state index contributed by atoms with van der Waals surface area (Å²) in [6.45, 7) is 2.07. The molecule has 0 spiro atoms. The summed E-state index contributed by atoms with van der Waals surface area (Å²) in [6, 6.07) is 12.4. The van der Waals surface area contributed by atoms with Crippen LogP contribution in [0.5, 0.6) is 11.5 Å². The first-order chi connectivity index (χ1) is 9.56. The predicted molar refractivity (Wildman–Crippen MR) is 82.6 cm³/mol. The van der Waals surface area contributed by atoms with E-state index >= 15 is 0 Å². The van der Waals surface area contributed by atoms with Crippen LogP contribution >= 0.6 is 15.9 Å². The predicted octanol–water partition coefficient (Wildman–Crippen LogP) is 4.66. The van der Waals surface area contributed by atoms with Gasteiger partial charge in [-0.1, -0.05) is 35.0 Å². The number of ether oxygens (including phenoxy) is 1. The van der Waals surface area contributed by atoms with E-state index < -0.39 is 0 Å². The standard InChI is InChI=1S/C16H17BrFNO/c1-2-14(19)7-11-3-5-15(6-4-11)20-16-9-12(17)8-13(18)10-16/h3-6,8-10,14H,2,7,19H2,1H3.